The molecule has 7 heteroatoms. The van der Waals surface area contributed by atoms with Gasteiger partial charge in [-0.05, 0) is 37.9 Å². The number of piperidine rings is 1. The Balaban J connectivity index is 1.53. The zero-order valence-electron chi connectivity index (χ0n) is 18.2. The number of hydrogen-bond donors (Lipinski definition) is 0. The van der Waals surface area contributed by atoms with E-state index in [1.807, 2.05) is 66.4 Å². The van der Waals surface area contributed by atoms with E-state index in [-0.39, 0.29) is 30.4 Å². The smallest absolute Gasteiger partial charge is 0.310 e. The Morgan fingerprint density at radius 3 is 2.62 bits per heavy atom. The maximum atomic E-state index is 13.4. The van der Waals surface area contributed by atoms with Crippen LogP contribution in [0.5, 0.6) is 0 Å². The lowest BCUT2D eigenvalue weighted by Gasteiger charge is -2.32. The average molecular weight is 454 g/mol. The number of halogens is 1. The van der Waals surface area contributed by atoms with Gasteiger partial charge in [-0.25, -0.2) is 5.01 Å². The highest BCUT2D eigenvalue weighted by molar-refractivity contribution is 6.34. The first-order valence-electron chi connectivity index (χ1n) is 11.1. The molecule has 32 heavy (non-hydrogen) atoms. The molecule has 0 N–H and O–H groups in total. The molecule has 4 rings (SSSR count). The maximum Gasteiger partial charge on any atom is 0.310 e. The Bertz CT molecular complexity index is 995. The predicted molar refractivity (Wildman–Crippen MR) is 124 cm³/mol. The summed E-state index contributed by atoms with van der Waals surface area (Å²) in [5.74, 6) is -0.431. The minimum Gasteiger partial charge on any atom is -0.466 e. The molecular formula is C25H28ClN3O3. The van der Waals surface area contributed by atoms with Gasteiger partial charge in [-0.3, -0.25) is 14.5 Å². The maximum absolute atomic E-state index is 13.4. The number of hydrogen-bond acceptors (Lipinski definition) is 5. The van der Waals surface area contributed by atoms with Crippen molar-refractivity contribution in [2.24, 2.45) is 11.0 Å². The first kappa shape index (κ1) is 22.5. The lowest BCUT2D eigenvalue weighted by molar-refractivity contribution is -0.150. The molecule has 2 aromatic carbocycles. The van der Waals surface area contributed by atoms with Crippen LogP contribution in [0.15, 0.2) is 59.7 Å². The van der Waals surface area contributed by atoms with E-state index in [0.29, 0.717) is 24.6 Å². The summed E-state index contributed by atoms with van der Waals surface area (Å²) in [6, 6.07) is 17.4. The van der Waals surface area contributed by atoms with E-state index in [1.54, 1.807) is 5.01 Å². The molecule has 2 aromatic rings. The second kappa shape index (κ2) is 10.3. The Hall–Kier alpha value is -2.70. The quantitative estimate of drug-likeness (QED) is 0.612. The Kier molecular flexibility index (Phi) is 7.22. The fraction of sp³-hybridized carbons (Fsp3) is 0.400. The van der Waals surface area contributed by atoms with Crippen molar-refractivity contribution in [2.75, 3.05) is 26.2 Å². The molecule has 0 spiro atoms. The van der Waals surface area contributed by atoms with Gasteiger partial charge in [0.1, 0.15) is 0 Å². The molecule has 0 aromatic heterocycles. The number of nitrogens with zero attached hydrogens (tertiary/aromatic N) is 3. The Labute approximate surface area is 193 Å². The zero-order valence-corrected chi connectivity index (χ0v) is 19.0. The summed E-state index contributed by atoms with van der Waals surface area (Å²) in [6.45, 7) is 3.73. The molecule has 6 nitrogen and oxygen atoms in total. The number of esters is 1. The highest BCUT2D eigenvalue weighted by atomic mass is 35.5. The lowest BCUT2D eigenvalue weighted by Crippen LogP contribution is -2.44. The number of benzene rings is 2. The van der Waals surface area contributed by atoms with Crippen molar-refractivity contribution in [1.82, 2.24) is 9.91 Å². The van der Waals surface area contributed by atoms with Crippen molar-refractivity contribution in [3.8, 4) is 0 Å². The van der Waals surface area contributed by atoms with Crippen LogP contribution in [0.1, 0.15) is 43.4 Å². The molecule has 1 fully saturated rings. The summed E-state index contributed by atoms with van der Waals surface area (Å²) in [6.07, 6.45) is 2.27. The van der Waals surface area contributed by atoms with Gasteiger partial charge in [0.2, 0.25) is 0 Å². The Morgan fingerprint density at radius 2 is 1.88 bits per heavy atom. The third-order valence-corrected chi connectivity index (χ3v) is 6.35. The van der Waals surface area contributed by atoms with Gasteiger partial charge in [-0.2, -0.15) is 5.10 Å². The summed E-state index contributed by atoms with van der Waals surface area (Å²) >= 11 is 6.42. The van der Waals surface area contributed by atoms with Crippen molar-refractivity contribution < 1.29 is 14.3 Å². The molecule has 1 amide bonds. The first-order valence-corrected chi connectivity index (χ1v) is 11.5. The number of rotatable bonds is 6. The molecule has 2 aliphatic rings. The van der Waals surface area contributed by atoms with Crippen molar-refractivity contribution >= 4 is 29.2 Å². The predicted octanol–water partition coefficient (Wildman–Crippen LogP) is 4.29. The van der Waals surface area contributed by atoms with E-state index in [0.717, 1.165) is 36.2 Å². The Morgan fingerprint density at radius 1 is 1.12 bits per heavy atom. The second-order valence-corrected chi connectivity index (χ2v) is 8.63. The van der Waals surface area contributed by atoms with Crippen LogP contribution in [-0.2, 0) is 14.3 Å². The van der Waals surface area contributed by atoms with Gasteiger partial charge in [0.05, 0.1) is 30.8 Å². The number of carbonyl (C=O) groups is 2. The zero-order chi connectivity index (χ0) is 22.5. The number of amides is 1. The van der Waals surface area contributed by atoms with Crippen LogP contribution in [0.2, 0.25) is 5.02 Å². The third-order valence-electron chi connectivity index (χ3n) is 6.02. The normalized spacial score (nSPS) is 21.3. The van der Waals surface area contributed by atoms with Gasteiger partial charge >= 0.3 is 5.97 Å². The fourth-order valence-corrected chi connectivity index (χ4v) is 4.69. The fourth-order valence-electron chi connectivity index (χ4n) is 4.45. The SMILES string of the molecule is CCOC(=O)C1CCCN(CC(=O)N2N=C(c3ccccc3Cl)CC2c2ccccc2)C1. The molecule has 2 aliphatic heterocycles. The number of ether oxygens (including phenoxy) is 1. The molecule has 0 radical (unpaired) electrons. The number of likely N-dealkylation sites (tertiary alicyclic amines) is 1. The molecule has 168 valence electrons. The van der Waals surface area contributed by atoms with Crippen molar-refractivity contribution in [1.29, 1.82) is 0 Å². The van der Waals surface area contributed by atoms with Gasteiger partial charge in [-0.15, -0.1) is 0 Å². The third kappa shape index (κ3) is 5.03. The van der Waals surface area contributed by atoms with Crippen molar-refractivity contribution in [3.05, 3.63) is 70.7 Å². The minimum absolute atomic E-state index is 0.0783. The van der Waals surface area contributed by atoms with Crippen molar-refractivity contribution in [3.63, 3.8) is 0 Å². The summed E-state index contributed by atoms with van der Waals surface area (Å²) in [5, 5.41) is 6.95. The minimum atomic E-state index is -0.180. The van der Waals surface area contributed by atoms with E-state index in [4.69, 9.17) is 21.4 Å². The second-order valence-electron chi connectivity index (χ2n) is 8.22. The number of carbonyl (C=O) groups excluding carboxylic acids is 2. The van der Waals surface area contributed by atoms with Crippen LogP contribution in [0.25, 0.3) is 0 Å². The molecule has 0 saturated carbocycles. The molecule has 2 heterocycles. The molecule has 1 saturated heterocycles. The largest absolute Gasteiger partial charge is 0.466 e. The van der Waals surface area contributed by atoms with Gasteiger partial charge in [0.15, 0.2) is 0 Å². The van der Waals surface area contributed by atoms with Crippen LogP contribution in [0.3, 0.4) is 0 Å². The molecule has 0 aliphatic carbocycles. The van der Waals surface area contributed by atoms with E-state index >= 15 is 0 Å². The van der Waals surface area contributed by atoms with Crippen LogP contribution < -0.4 is 0 Å². The van der Waals surface area contributed by atoms with Crippen LogP contribution in [-0.4, -0.2) is 53.7 Å². The van der Waals surface area contributed by atoms with Crippen LogP contribution >= 0.6 is 11.6 Å². The highest BCUT2D eigenvalue weighted by Crippen LogP contribution is 2.34. The topological polar surface area (TPSA) is 62.2 Å². The summed E-state index contributed by atoms with van der Waals surface area (Å²) in [7, 11) is 0. The van der Waals surface area contributed by atoms with E-state index in [1.165, 1.54) is 0 Å². The van der Waals surface area contributed by atoms with Crippen LogP contribution in [0, 0.1) is 5.92 Å². The van der Waals surface area contributed by atoms with Gasteiger partial charge in [0.25, 0.3) is 5.91 Å². The summed E-state index contributed by atoms with van der Waals surface area (Å²) in [5.41, 5.74) is 2.70. The lowest BCUT2D eigenvalue weighted by atomic mass is 9.97. The average Bonchev–Trinajstić information content (AvgIpc) is 3.26. The van der Waals surface area contributed by atoms with Crippen LogP contribution in [0.4, 0.5) is 0 Å². The highest BCUT2D eigenvalue weighted by Gasteiger charge is 2.35. The summed E-state index contributed by atoms with van der Waals surface area (Å²) < 4.78 is 5.19. The molecule has 2 atom stereocenters. The van der Waals surface area contributed by atoms with Gasteiger partial charge < -0.3 is 4.74 Å². The first-order chi connectivity index (χ1) is 15.6. The molecular weight excluding hydrogens is 426 g/mol. The van der Waals surface area contributed by atoms with E-state index in [2.05, 4.69) is 0 Å². The van der Waals surface area contributed by atoms with E-state index < -0.39 is 0 Å². The monoisotopic (exact) mass is 453 g/mol. The molecule has 0 bridgehead atoms. The van der Waals surface area contributed by atoms with Crippen molar-refractivity contribution in [2.45, 2.75) is 32.2 Å². The van der Waals surface area contributed by atoms with E-state index in [9.17, 15) is 9.59 Å². The summed E-state index contributed by atoms with van der Waals surface area (Å²) in [4.78, 5) is 27.6. The van der Waals surface area contributed by atoms with Gasteiger partial charge in [-0.1, -0.05) is 60.1 Å². The number of hydrazone groups is 1. The standard InChI is InChI=1S/C25H28ClN3O3/c1-2-32-25(31)19-11-8-14-28(16-19)17-24(30)29-23(18-9-4-3-5-10-18)15-22(27-29)20-12-6-7-13-21(20)26/h3-7,9-10,12-13,19,23H,2,8,11,14-17H2,1H3. The van der Waals surface area contributed by atoms with Gasteiger partial charge in [0, 0.05) is 23.6 Å². The molecule has 2 unspecified atom stereocenters.